The van der Waals surface area contributed by atoms with Crippen LogP contribution in [0.5, 0.6) is 17.2 Å². The van der Waals surface area contributed by atoms with Crippen molar-refractivity contribution in [3.05, 3.63) is 66.6 Å². The zero-order valence-electron chi connectivity index (χ0n) is 21.0. The predicted octanol–water partition coefficient (Wildman–Crippen LogP) is 7.14. The second-order valence-corrected chi connectivity index (χ2v) is 8.75. The minimum atomic E-state index is -0.450. The summed E-state index contributed by atoms with van der Waals surface area (Å²) in [6, 6.07) is 12.4. The standard InChI is InChI=1S/C29H36N2O4/c1-4-6-7-8-9-18-33-24-12-10-23(11-13-24)29(32)35-28-15-14-25(34-21-22(3)5-2)19-26(28)27-20-30-16-17-31-27/h10-17,19-20,22H,4-9,18,21H2,1-3H3. The van der Waals surface area contributed by atoms with Crippen molar-refractivity contribution in [2.45, 2.75) is 59.3 Å². The Hall–Kier alpha value is -3.41. The van der Waals surface area contributed by atoms with Gasteiger partial charge in [0.05, 0.1) is 30.7 Å². The third kappa shape index (κ3) is 8.39. The smallest absolute Gasteiger partial charge is 0.343 e. The number of rotatable bonds is 14. The Morgan fingerprint density at radius 1 is 0.914 bits per heavy atom. The Kier molecular flexibility index (Phi) is 10.6. The van der Waals surface area contributed by atoms with Crippen LogP contribution in [0.4, 0.5) is 0 Å². The van der Waals surface area contributed by atoms with Crippen LogP contribution in [-0.2, 0) is 0 Å². The number of hydrogen-bond donors (Lipinski definition) is 0. The molecule has 6 heteroatoms. The largest absolute Gasteiger partial charge is 0.494 e. The molecule has 0 bridgehead atoms. The van der Waals surface area contributed by atoms with Gasteiger partial charge in [-0.05, 0) is 54.8 Å². The van der Waals surface area contributed by atoms with Gasteiger partial charge in [-0.1, -0.05) is 52.9 Å². The zero-order valence-corrected chi connectivity index (χ0v) is 21.0. The maximum absolute atomic E-state index is 12.9. The Morgan fingerprint density at radius 2 is 1.69 bits per heavy atom. The van der Waals surface area contributed by atoms with Gasteiger partial charge in [-0.3, -0.25) is 9.97 Å². The Morgan fingerprint density at radius 3 is 2.40 bits per heavy atom. The summed E-state index contributed by atoms with van der Waals surface area (Å²) in [4.78, 5) is 21.4. The lowest BCUT2D eigenvalue weighted by Gasteiger charge is -2.14. The molecule has 0 N–H and O–H groups in total. The maximum Gasteiger partial charge on any atom is 0.343 e. The highest BCUT2D eigenvalue weighted by Gasteiger charge is 2.16. The van der Waals surface area contributed by atoms with E-state index in [1.807, 2.05) is 12.1 Å². The summed E-state index contributed by atoms with van der Waals surface area (Å²) in [5.74, 6) is 1.84. The summed E-state index contributed by atoms with van der Waals surface area (Å²) >= 11 is 0. The molecule has 1 aromatic heterocycles. The molecule has 0 amide bonds. The van der Waals surface area contributed by atoms with Crippen molar-refractivity contribution in [1.29, 1.82) is 0 Å². The summed E-state index contributed by atoms with van der Waals surface area (Å²) in [6.07, 6.45) is 11.8. The summed E-state index contributed by atoms with van der Waals surface area (Å²) in [5.41, 5.74) is 1.70. The van der Waals surface area contributed by atoms with Crippen molar-refractivity contribution in [3.63, 3.8) is 0 Å². The third-order valence-electron chi connectivity index (χ3n) is 5.83. The van der Waals surface area contributed by atoms with E-state index < -0.39 is 5.97 Å². The van der Waals surface area contributed by atoms with E-state index in [1.165, 1.54) is 25.7 Å². The molecule has 186 valence electrons. The van der Waals surface area contributed by atoms with Gasteiger partial charge in [0.15, 0.2) is 0 Å². The quantitative estimate of drug-likeness (QED) is 0.140. The van der Waals surface area contributed by atoms with Gasteiger partial charge in [-0.15, -0.1) is 0 Å². The van der Waals surface area contributed by atoms with Gasteiger partial charge in [-0.25, -0.2) is 4.79 Å². The van der Waals surface area contributed by atoms with E-state index in [0.717, 1.165) is 18.6 Å². The zero-order chi connectivity index (χ0) is 24.9. The van der Waals surface area contributed by atoms with Crippen LogP contribution in [0.1, 0.15) is 69.7 Å². The average molecular weight is 477 g/mol. The fourth-order valence-corrected chi connectivity index (χ4v) is 3.42. The molecule has 2 aromatic carbocycles. The van der Waals surface area contributed by atoms with Crippen LogP contribution < -0.4 is 14.2 Å². The highest BCUT2D eigenvalue weighted by Crippen LogP contribution is 2.33. The van der Waals surface area contributed by atoms with Crippen LogP contribution in [-0.4, -0.2) is 29.2 Å². The molecule has 0 aliphatic heterocycles. The Bertz CT molecular complexity index is 1040. The summed E-state index contributed by atoms with van der Waals surface area (Å²) in [5, 5.41) is 0. The minimum absolute atomic E-state index is 0.402. The molecule has 1 unspecified atom stereocenters. The van der Waals surface area contributed by atoms with Crippen LogP contribution >= 0.6 is 0 Å². The van der Waals surface area contributed by atoms with Crippen molar-refractivity contribution in [2.24, 2.45) is 5.92 Å². The number of benzene rings is 2. The molecule has 0 aliphatic carbocycles. The number of unbranched alkanes of at least 4 members (excludes halogenated alkanes) is 4. The predicted molar refractivity (Wildman–Crippen MR) is 138 cm³/mol. The normalized spacial score (nSPS) is 11.6. The van der Waals surface area contributed by atoms with Crippen LogP contribution in [0.15, 0.2) is 61.1 Å². The van der Waals surface area contributed by atoms with Gasteiger partial charge in [0, 0.05) is 18.0 Å². The van der Waals surface area contributed by atoms with E-state index in [9.17, 15) is 4.79 Å². The lowest BCUT2D eigenvalue weighted by atomic mass is 10.1. The highest BCUT2D eigenvalue weighted by molar-refractivity contribution is 5.92. The van der Waals surface area contributed by atoms with Gasteiger partial charge in [0.2, 0.25) is 0 Å². The monoisotopic (exact) mass is 476 g/mol. The topological polar surface area (TPSA) is 70.5 Å². The number of ether oxygens (including phenoxy) is 3. The number of carbonyl (C=O) groups excluding carboxylic acids is 1. The molecule has 0 radical (unpaired) electrons. The van der Waals surface area contributed by atoms with Crippen molar-refractivity contribution in [3.8, 4) is 28.5 Å². The second kappa shape index (κ2) is 14.1. The van der Waals surface area contributed by atoms with Gasteiger partial charge in [-0.2, -0.15) is 0 Å². The molecule has 3 aromatic rings. The fraction of sp³-hybridized carbons (Fsp3) is 0.414. The molecule has 0 saturated carbocycles. The van der Waals surface area contributed by atoms with E-state index in [4.69, 9.17) is 14.2 Å². The lowest BCUT2D eigenvalue weighted by molar-refractivity contribution is 0.0735. The van der Waals surface area contributed by atoms with Crippen molar-refractivity contribution in [2.75, 3.05) is 13.2 Å². The van der Waals surface area contributed by atoms with Crippen molar-refractivity contribution in [1.82, 2.24) is 9.97 Å². The number of aromatic nitrogens is 2. The molecule has 35 heavy (non-hydrogen) atoms. The average Bonchev–Trinajstić information content (AvgIpc) is 2.90. The molecular formula is C29H36N2O4. The first-order chi connectivity index (χ1) is 17.1. The minimum Gasteiger partial charge on any atom is -0.494 e. The first-order valence-corrected chi connectivity index (χ1v) is 12.6. The van der Waals surface area contributed by atoms with Crippen LogP contribution in [0.25, 0.3) is 11.3 Å². The van der Waals surface area contributed by atoms with Crippen molar-refractivity contribution >= 4 is 5.97 Å². The molecule has 0 saturated heterocycles. The number of hydrogen-bond acceptors (Lipinski definition) is 6. The summed E-state index contributed by atoms with van der Waals surface area (Å²) < 4.78 is 17.5. The van der Waals surface area contributed by atoms with Gasteiger partial charge < -0.3 is 14.2 Å². The fourth-order valence-electron chi connectivity index (χ4n) is 3.42. The van der Waals surface area contributed by atoms with Crippen LogP contribution in [0.2, 0.25) is 0 Å². The molecule has 6 nitrogen and oxygen atoms in total. The number of carbonyl (C=O) groups is 1. The Labute approximate surface area is 208 Å². The summed E-state index contributed by atoms with van der Waals surface area (Å²) in [7, 11) is 0. The third-order valence-corrected chi connectivity index (χ3v) is 5.83. The second-order valence-electron chi connectivity index (χ2n) is 8.75. The maximum atomic E-state index is 12.9. The molecule has 0 aliphatic rings. The first kappa shape index (κ1) is 26.2. The highest BCUT2D eigenvalue weighted by atomic mass is 16.5. The number of nitrogens with zero attached hydrogens (tertiary/aromatic N) is 2. The lowest BCUT2D eigenvalue weighted by Crippen LogP contribution is -2.10. The SMILES string of the molecule is CCCCCCCOc1ccc(C(=O)Oc2ccc(OCC(C)CC)cc2-c2cnccn2)cc1. The van der Waals surface area contributed by atoms with E-state index in [2.05, 4.69) is 30.7 Å². The van der Waals surface area contributed by atoms with E-state index in [0.29, 0.717) is 47.5 Å². The van der Waals surface area contributed by atoms with Gasteiger partial charge in [0.1, 0.15) is 17.2 Å². The Balaban J connectivity index is 1.66. The first-order valence-electron chi connectivity index (χ1n) is 12.6. The van der Waals surface area contributed by atoms with Gasteiger partial charge in [0.25, 0.3) is 0 Å². The molecule has 1 heterocycles. The summed E-state index contributed by atoms with van der Waals surface area (Å²) in [6.45, 7) is 7.78. The van der Waals surface area contributed by atoms with Crippen molar-refractivity contribution < 1.29 is 19.0 Å². The van der Waals surface area contributed by atoms with E-state index in [-0.39, 0.29) is 0 Å². The van der Waals surface area contributed by atoms with Gasteiger partial charge >= 0.3 is 5.97 Å². The van der Waals surface area contributed by atoms with Crippen LogP contribution in [0.3, 0.4) is 0 Å². The van der Waals surface area contributed by atoms with E-state index in [1.54, 1.807) is 48.9 Å². The number of esters is 1. The molecule has 3 rings (SSSR count). The van der Waals surface area contributed by atoms with Crippen LogP contribution in [0, 0.1) is 5.92 Å². The molecule has 0 spiro atoms. The molecule has 1 atom stereocenters. The molecule has 0 fully saturated rings. The molecular weight excluding hydrogens is 440 g/mol. The van der Waals surface area contributed by atoms with E-state index >= 15 is 0 Å².